The van der Waals surface area contributed by atoms with Gasteiger partial charge in [0.2, 0.25) is 0 Å². The zero-order chi connectivity index (χ0) is 14.7. The van der Waals surface area contributed by atoms with Crippen molar-refractivity contribution in [2.24, 2.45) is 0 Å². The van der Waals surface area contributed by atoms with Crippen LogP contribution in [0.15, 0.2) is 42.9 Å². The summed E-state index contributed by atoms with van der Waals surface area (Å²) in [4.78, 5) is 21.9. The van der Waals surface area contributed by atoms with E-state index in [9.17, 15) is 4.79 Å². The van der Waals surface area contributed by atoms with Gasteiger partial charge in [-0.05, 0) is 18.2 Å². The number of ether oxygens (including phenoxy) is 1. The Bertz CT molecular complexity index is 636. The van der Waals surface area contributed by atoms with Crippen molar-refractivity contribution in [2.45, 2.75) is 12.5 Å². The quantitative estimate of drug-likeness (QED) is 0.874. The predicted molar refractivity (Wildman–Crippen MR) is 78.4 cm³/mol. The molecular weight excluding hydrogens is 290 g/mol. The van der Waals surface area contributed by atoms with Crippen LogP contribution >= 0.6 is 11.6 Å². The van der Waals surface area contributed by atoms with E-state index in [1.807, 2.05) is 12.1 Å². The third-order valence-corrected chi connectivity index (χ3v) is 3.55. The molecule has 0 N–H and O–H groups in total. The average Bonchev–Trinajstić information content (AvgIpc) is 2.96. The minimum absolute atomic E-state index is 0.0240. The molecule has 3 rings (SSSR count). The van der Waals surface area contributed by atoms with Crippen LogP contribution < -0.4 is 4.74 Å². The molecule has 5 nitrogen and oxygen atoms in total. The molecule has 21 heavy (non-hydrogen) atoms. The Morgan fingerprint density at radius 1 is 1.38 bits per heavy atom. The molecule has 2 aromatic rings. The van der Waals surface area contributed by atoms with Crippen molar-refractivity contribution in [3.05, 3.63) is 53.6 Å². The van der Waals surface area contributed by atoms with Crippen molar-refractivity contribution >= 4 is 17.5 Å². The van der Waals surface area contributed by atoms with Crippen molar-refractivity contribution in [1.29, 1.82) is 0 Å². The van der Waals surface area contributed by atoms with Gasteiger partial charge in [-0.15, -0.1) is 0 Å². The molecule has 1 saturated heterocycles. The zero-order valence-corrected chi connectivity index (χ0v) is 12.0. The van der Waals surface area contributed by atoms with Crippen LogP contribution in [-0.2, 0) is 0 Å². The standard InChI is InChI=1S/C15H14ClN3O2/c16-11-2-1-3-12(8-11)21-13-4-7-19(10-13)15(20)14-9-17-5-6-18-14/h1-3,5-6,8-9,13H,4,7,10H2. The van der Waals surface area contributed by atoms with Crippen molar-refractivity contribution in [2.75, 3.05) is 13.1 Å². The smallest absolute Gasteiger partial charge is 0.274 e. The van der Waals surface area contributed by atoms with Crippen molar-refractivity contribution in [3.8, 4) is 5.75 Å². The number of benzene rings is 1. The Morgan fingerprint density at radius 3 is 3.05 bits per heavy atom. The summed E-state index contributed by atoms with van der Waals surface area (Å²) >= 11 is 5.93. The lowest BCUT2D eigenvalue weighted by molar-refractivity contribution is 0.0766. The lowest BCUT2D eigenvalue weighted by Crippen LogP contribution is -2.31. The molecule has 1 aliphatic heterocycles. The number of nitrogens with zero attached hydrogens (tertiary/aromatic N) is 3. The van der Waals surface area contributed by atoms with Gasteiger partial charge in [-0.2, -0.15) is 0 Å². The minimum Gasteiger partial charge on any atom is -0.488 e. The SMILES string of the molecule is O=C(c1cnccn1)N1CCC(Oc2cccc(Cl)c2)C1. The first-order valence-electron chi connectivity index (χ1n) is 6.70. The lowest BCUT2D eigenvalue weighted by Gasteiger charge is -2.16. The van der Waals surface area contributed by atoms with E-state index in [1.165, 1.54) is 12.4 Å². The van der Waals surface area contributed by atoms with Crippen LogP contribution in [0.25, 0.3) is 0 Å². The van der Waals surface area contributed by atoms with Gasteiger partial charge >= 0.3 is 0 Å². The maximum Gasteiger partial charge on any atom is 0.274 e. The Hall–Kier alpha value is -2.14. The van der Waals surface area contributed by atoms with E-state index < -0.39 is 0 Å². The van der Waals surface area contributed by atoms with Gasteiger partial charge in [-0.25, -0.2) is 4.98 Å². The number of hydrogen-bond acceptors (Lipinski definition) is 4. The van der Waals surface area contributed by atoms with Gasteiger partial charge in [-0.1, -0.05) is 17.7 Å². The maximum atomic E-state index is 12.2. The van der Waals surface area contributed by atoms with Crippen LogP contribution in [0.3, 0.4) is 0 Å². The Balaban J connectivity index is 1.62. The molecule has 0 radical (unpaired) electrons. The number of aromatic nitrogens is 2. The van der Waals surface area contributed by atoms with Gasteiger partial charge in [0.05, 0.1) is 12.7 Å². The van der Waals surface area contributed by atoms with Gasteiger partial charge in [-0.3, -0.25) is 9.78 Å². The molecule has 6 heteroatoms. The number of likely N-dealkylation sites (tertiary alicyclic amines) is 1. The summed E-state index contributed by atoms with van der Waals surface area (Å²) < 4.78 is 5.86. The predicted octanol–water partition coefficient (Wildman–Crippen LogP) is 2.42. The van der Waals surface area contributed by atoms with E-state index in [2.05, 4.69) is 9.97 Å². The van der Waals surface area contributed by atoms with Crippen molar-refractivity contribution < 1.29 is 9.53 Å². The molecule has 1 aliphatic rings. The van der Waals surface area contributed by atoms with E-state index in [-0.39, 0.29) is 12.0 Å². The van der Waals surface area contributed by atoms with E-state index >= 15 is 0 Å². The first kappa shape index (κ1) is 13.8. The number of amides is 1. The topological polar surface area (TPSA) is 55.3 Å². The summed E-state index contributed by atoms with van der Waals surface area (Å²) in [5, 5.41) is 0.637. The van der Waals surface area contributed by atoms with Crippen LogP contribution in [0.5, 0.6) is 5.75 Å². The number of rotatable bonds is 3. The summed E-state index contributed by atoms with van der Waals surface area (Å²) in [6.07, 6.45) is 5.31. The minimum atomic E-state index is -0.111. The first-order chi connectivity index (χ1) is 10.2. The van der Waals surface area contributed by atoms with Gasteiger partial charge in [0.1, 0.15) is 17.5 Å². The fraction of sp³-hybridized carbons (Fsp3) is 0.267. The molecule has 0 aliphatic carbocycles. The third kappa shape index (κ3) is 3.31. The molecule has 1 atom stereocenters. The van der Waals surface area contributed by atoms with Crippen molar-refractivity contribution in [1.82, 2.24) is 14.9 Å². The molecule has 0 bridgehead atoms. The molecular formula is C15H14ClN3O2. The highest BCUT2D eigenvalue weighted by molar-refractivity contribution is 6.30. The molecule has 1 fully saturated rings. The summed E-state index contributed by atoms with van der Waals surface area (Å²) in [6.45, 7) is 1.20. The number of carbonyl (C=O) groups is 1. The molecule has 0 spiro atoms. The summed E-state index contributed by atoms with van der Waals surface area (Å²) in [7, 11) is 0. The summed E-state index contributed by atoms with van der Waals surface area (Å²) in [6, 6.07) is 7.27. The Kier molecular flexibility index (Phi) is 4.01. The molecule has 0 saturated carbocycles. The number of halogens is 1. The highest BCUT2D eigenvalue weighted by Gasteiger charge is 2.28. The fourth-order valence-electron chi connectivity index (χ4n) is 2.31. The highest BCUT2D eigenvalue weighted by Crippen LogP contribution is 2.22. The molecule has 1 amide bonds. The molecule has 1 aromatic heterocycles. The highest BCUT2D eigenvalue weighted by atomic mass is 35.5. The van der Waals surface area contributed by atoms with Crippen molar-refractivity contribution in [3.63, 3.8) is 0 Å². The third-order valence-electron chi connectivity index (χ3n) is 3.31. The Morgan fingerprint density at radius 2 is 2.29 bits per heavy atom. The van der Waals surface area contributed by atoms with Crippen LogP contribution in [0.4, 0.5) is 0 Å². The normalized spacial score (nSPS) is 17.8. The summed E-state index contributed by atoms with van der Waals surface area (Å²) in [5.74, 6) is 0.613. The zero-order valence-electron chi connectivity index (χ0n) is 11.3. The van der Waals surface area contributed by atoms with Gasteiger partial charge in [0.25, 0.3) is 5.91 Å². The van der Waals surface area contributed by atoms with Crippen LogP contribution in [0, 0.1) is 0 Å². The monoisotopic (exact) mass is 303 g/mol. The largest absolute Gasteiger partial charge is 0.488 e. The van der Waals surface area contributed by atoms with Crippen LogP contribution in [-0.4, -0.2) is 40.0 Å². The van der Waals surface area contributed by atoms with Crippen LogP contribution in [0.1, 0.15) is 16.9 Å². The van der Waals surface area contributed by atoms with Gasteiger partial charge < -0.3 is 9.64 Å². The van der Waals surface area contributed by atoms with E-state index in [4.69, 9.17) is 16.3 Å². The molecule has 1 aromatic carbocycles. The van der Waals surface area contributed by atoms with E-state index in [0.29, 0.717) is 23.8 Å². The van der Waals surface area contributed by atoms with Crippen LogP contribution in [0.2, 0.25) is 5.02 Å². The van der Waals surface area contributed by atoms with E-state index in [1.54, 1.807) is 23.2 Å². The number of carbonyl (C=O) groups excluding carboxylic acids is 1. The average molecular weight is 304 g/mol. The molecule has 108 valence electrons. The summed E-state index contributed by atoms with van der Waals surface area (Å²) in [5.41, 5.74) is 0.362. The second-order valence-corrected chi connectivity index (χ2v) is 5.26. The first-order valence-corrected chi connectivity index (χ1v) is 7.08. The number of hydrogen-bond donors (Lipinski definition) is 0. The second-order valence-electron chi connectivity index (χ2n) is 4.83. The molecule has 1 unspecified atom stereocenters. The Labute approximate surface area is 127 Å². The van der Waals surface area contributed by atoms with E-state index in [0.717, 1.165) is 12.2 Å². The fourth-order valence-corrected chi connectivity index (χ4v) is 2.49. The molecule has 2 heterocycles. The van der Waals surface area contributed by atoms with Gasteiger partial charge in [0, 0.05) is 30.4 Å². The maximum absolute atomic E-state index is 12.2. The lowest BCUT2D eigenvalue weighted by atomic mass is 10.3. The van der Waals surface area contributed by atoms with Gasteiger partial charge in [0.15, 0.2) is 0 Å². The second kappa shape index (κ2) is 6.10.